The predicted octanol–water partition coefficient (Wildman–Crippen LogP) is 1.03. The lowest BCUT2D eigenvalue weighted by Gasteiger charge is -2.20. The Bertz CT molecular complexity index is 245. The van der Waals surface area contributed by atoms with E-state index in [0.717, 1.165) is 6.42 Å². The van der Waals surface area contributed by atoms with Crippen LogP contribution in [-0.4, -0.2) is 36.7 Å². The van der Waals surface area contributed by atoms with Crippen molar-refractivity contribution >= 4 is 11.9 Å². The highest BCUT2D eigenvalue weighted by Gasteiger charge is 2.21. The fourth-order valence-electron chi connectivity index (χ4n) is 1.12. The molecule has 0 unspecified atom stereocenters. The van der Waals surface area contributed by atoms with Crippen molar-refractivity contribution in [2.75, 3.05) is 13.7 Å². The summed E-state index contributed by atoms with van der Waals surface area (Å²) in [7, 11) is 1.25. The maximum Gasteiger partial charge on any atom is 0.321 e. The Kier molecular flexibility index (Phi) is 6.03. The molecule has 5 nitrogen and oxygen atoms in total. The van der Waals surface area contributed by atoms with Gasteiger partial charge in [0.1, 0.15) is 6.04 Å². The molecule has 0 amide bonds. The maximum atomic E-state index is 11.0. The molecule has 0 saturated heterocycles. The molecule has 0 aromatic rings. The van der Waals surface area contributed by atoms with Gasteiger partial charge in [-0.15, -0.1) is 0 Å². The minimum Gasteiger partial charge on any atom is -0.480 e. The summed E-state index contributed by atoms with van der Waals surface area (Å²) in [5.74, 6) is -1.55. The first-order valence-corrected chi connectivity index (χ1v) is 5.29. The van der Waals surface area contributed by atoms with Gasteiger partial charge in [0.05, 0.1) is 13.5 Å². The van der Waals surface area contributed by atoms with Crippen LogP contribution < -0.4 is 5.32 Å². The molecule has 0 heterocycles. The highest BCUT2D eigenvalue weighted by atomic mass is 16.5. The molecule has 1 atom stereocenters. The Hall–Kier alpha value is -1.10. The first-order chi connectivity index (χ1) is 7.26. The van der Waals surface area contributed by atoms with Gasteiger partial charge in [0.15, 0.2) is 0 Å². The molecule has 0 aromatic carbocycles. The molecule has 0 aliphatic carbocycles. The summed E-state index contributed by atoms with van der Waals surface area (Å²) >= 11 is 0. The Morgan fingerprint density at radius 3 is 2.31 bits per heavy atom. The van der Waals surface area contributed by atoms with Gasteiger partial charge >= 0.3 is 11.9 Å². The number of hydrogen-bond acceptors (Lipinski definition) is 4. The van der Waals surface area contributed by atoms with Gasteiger partial charge in [0, 0.05) is 0 Å². The number of rotatable bonds is 6. The predicted molar refractivity (Wildman–Crippen MR) is 60.1 cm³/mol. The Morgan fingerprint density at radius 2 is 1.94 bits per heavy atom. The Labute approximate surface area is 96.2 Å². The number of aliphatic carboxylic acids is 1. The number of carboxylic acids is 1. The van der Waals surface area contributed by atoms with Gasteiger partial charge in [-0.3, -0.25) is 9.59 Å². The van der Waals surface area contributed by atoms with Crippen LogP contribution in [0.25, 0.3) is 0 Å². The van der Waals surface area contributed by atoms with E-state index in [9.17, 15) is 9.59 Å². The van der Waals surface area contributed by atoms with E-state index < -0.39 is 18.0 Å². The van der Waals surface area contributed by atoms with Gasteiger partial charge in [-0.1, -0.05) is 20.8 Å². The van der Waals surface area contributed by atoms with E-state index in [-0.39, 0.29) is 11.8 Å². The molecule has 0 fully saturated rings. The second-order valence-electron chi connectivity index (χ2n) is 4.94. The number of hydrogen-bond donors (Lipinski definition) is 2. The molecular weight excluding hydrogens is 210 g/mol. The minimum absolute atomic E-state index is 0.140. The van der Waals surface area contributed by atoms with E-state index in [1.165, 1.54) is 7.11 Å². The molecule has 0 saturated carbocycles. The lowest BCUT2D eigenvalue weighted by Crippen LogP contribution is -2.40. The number of carbonyl (C=O) groups is 2. The molecule has 0 bridgehead atoms. The first-order valence-electron chi connectivity index (χ1n) is 5.29. The summed E-state index contributed by atoms with van der Waals surface area (Å²) in [5.41, 5.74) is 0.140. The lowest BCUT2D eigenvalue weighted by molar-refractivity contribution is -0.147. The molecule has 0 aliphatic rings. The third-order valence-corrected chi connectivity index (χ3v) is 2.16. The molecule has 0 rings (SSSR count). The first kappa shape index (κ1) is 14.9. The molecule has 0 spiro atoms. The van der Waals surface area contributed by atoms with Crippen LogP contribution in [-0.2, 0) is 14.3 Å². The quantitative estimate of drug-likeness (QED) is 0.668. The van der Waals surface area contributed by atoms with E-state index >= 15 is 0 Å². The van der Waals surface area contributed by atoms with Crippen LogP contribution in [0.5, 0.6) is 0 Å². The van der Waals surface area contributed by atoms with E-state index in [2.05, 4.69) is 30.8 Å². The summed E-state index contributed by atoms with van der Waals surface area (Å²) in [6, 6.07) is -0.866. The van der Waals surface area contributed by atoms with Crippen LogP contribution in [0.4, 0.5) is 0 Å². The second-order valence-corrected chi connectivity index (χ2v) is 4.94. The number of nitrogens with one attached hydrogen (secondary N) is 1. The fraction of sp³-hybridized carbons (Fsp3) is 0.818. The fourth-order valence-corrected chi connectivity index (χ4v) is 1.12. The average Bonchev–Trinajstić information content (AvgIpc) is 2.13. The summed E-state index contributed by atoms with van der Waals surface area (Å²) in [6.45, 7) is 6.79. The van der Waals surface area contributed by atoms with Crippen molar-refractivity contribution < 1.29 is 19.4 Å². The van der Waals surface area contributed by atoms with Gasteiger partial charge in [0.2, 0.25) is 0 Å². The number of esters is 1. The molecule has 16 heavy (non-hydrogen) atoms. The molecule has 0 radical (unpaired) electrons. The van der Waals surface area contributed by atoms with E-state index in [1.54, 1.807) is 0 Å². The third kappa shape index (κ3) is 7.23. The standard InChI is InChI=1S/C11H21NO4/c1-11(2,3)5-6-12-8(10(14)15)7-9(13)16-4/h8,12H,5-7H2,1-4H3,(H,14,15)/t8-/m0/s1. The van der Waals surface area contributed by atoms with E-state index in [1.807, 2.05) is 0 Å². The maximum absolute atomic E-state index is 11.0. The molecule has 2 N–H and O–H groups in total. The van der Waals surface area contributed by atoms with Crippen LogP contribution in [0.2, 0.25) is 0 Å². The van der Waals surface area contributed by atoms with Crippen LogP contribution in [0, 0.1) is 5.41 Å². The molecule has 0 aromatic heterocycles. The van der Waals surface area contributed by atoms with Crippen LogP contribution in [0.1, 0.15) is 33.6 Å². The average molecular weight is 231 g/mol. The summed E-state index contributed by atoms with van der Waals surface area (Å²) < 4.78 is 4.44. The smallest absolute Gasteiger partial charge is 0.321 e. The van der Waals surface area contributed by atoms with Crippen molar-refractivity contribution in [2.24, 2.45) is 5.41 Å². The zero-order valence-corrected chi connectivity index (χ0v) is 10.4. The Morgan fingerprint density at radius 1 is 1.38 bits per heavy atom. The lowest BCUT2D eigenvalue weighted by atomic mass is 9.92. The second kappa shape index (κ2) is 6.48. The SMILES string of the molecule is COC(=O)C[C@H](NCCC(C)(C)C)C(=O)O. The van der Waals surface area contributed by atoms with Gasteiger partial charge in [-0.25, -0.2) is 0 Å². The highest BCUT2D eigenvalue weighted by molar-refractivity contribution is 5.81. The van der Waals surface area contributed by atoms with Crippen LogP contribution in [0.3, 0.4) is 0 Å². The summed E-state index contributed by atoms with van der Waals surface area (Å²) in [5, 5.41) is 11.7. The van der Waals surface area contributed by atoms with Gasteiger partial charge in [-0.05, 0) is 18.4 Å². The highest BCUT2D eigenvalue weighted by Crippen LogP contribution is 2.17. The monoisotopic (exact) mass is 231 g/mol. The van der Waals surface area contributed by atoms with E-state index in [4.69, 9.17) is 5.11 Å². The molecule has 94 valence electrons. The molecule has 0 aliphatic heterocycles. The van der Waals surface area contributed by atoms with Crippen LogP contribution in [0.15, 0.2) is 0 Å². The zero-order valence-electron chi connectivity index (χ0n) is 10.4. The van der Waals surface area contributed by atoms with E-state index in [0.29, 0.717) is 6.54 Å². The van der Waals surface area contributed by atoms with Gasteiger partial charge in [0.25, 0.3) is 0 Å². The molecular formula is C11H21NO4. The number of carboxylic acid groups (broad SMARTS) is 1. The van der Waals surface area contributed by atoms with Crippen molar-refractivity contribution in [1.29, 1.82) is 0 Å². The minimum atomic E-state index is -1.03. The van der Waals surface area contributed by atoms with Crippen molar-refractivity contribution in [3.63, 3.8) is 0 Å². The summed E-state index contributed by atoms with van der Waals surface area (Å²) in [6.07, 6.45) is 0.702. The topological polar surface area (TPSA) is 75.6 Å². The van der Waals surface area contributed by atoms with Gasteiger partial charge in [-0.2, -0.15) is 0 Å². The number of ether oxygens (including phenoxy) is 1. The van der Waals surface area contributed by atoms with Crippen molar-refractivity contribution in [3.8, 4) is 0 Å². The number of methoxy groups -OCH3 is 1. The van der Waals surface area contributed by atoms with Gasteiger partial charge < -0.3 is 15.2 Å². The molecule has 5 heteroatoms. The van der Waals surface area contributed by atoms with Crippen molar-refractivity contribution in [3.05, 3.63) is 0 Å². The van der Waals surface area contributed by atoms with Crippen molar-refractivity contribution in [1.82, 2.24) is 5.32 Å². The Balaban J connectivity index is 4.05. The summed E-state index contributed by atoms with van der Waals surface area (Å²) in [4.78, 5) is 21.8. The van der Waals surface area contributed by atoms with Crippen molar-refractivity contribution in [2.45, 2.75) is 39.7 Å². The van der Waals surface area contributed by atoms with Crippen LogP contribution >= 0.6 is 0 Å². The number of carbonyl (C=O) groups excluding carboxylic acids is 1. The third-order valence-electron chi connectivity index (χ3n) is 2.16. The zero-order chi connectivity index (χ0) is 12.8. The normalized spacial score (nSPS) is 13.2. The largest absolute Gasteiger partial charge is 0.480 e.